The van der Waals surface area contributed by atoms with Crippen molar-refractivity contribution in [3.8, 4) is 0 Å². The van der Waals surface area contributed by atoms with Gasteiger partial charge in [-0.1, -0.05) is 31.5 Å². The molecular formula is C25H31N3O2. The number of aromatic nitrogens is 2. The largest absolute Gasteiger partial charge is 0.452 e. The maximum Gasteiger partial charge on any atom is 0.309 e. The maximum absolute atomic E-state index is 12.6. The molecule has 4 rings (SSSR count). The summed E-state index contributed by atoms with van der Waals surface area (Å²) in [4.78, 5) is 19.3. The third kappa shape index (κ3) is 3.74. The Kier molecular flexibility index (Phi) is 5.41. The number of carbonyl (C=O) groups excluding carboxylic acids is 1. The van der Waals surface area contributed by atoms with Crippen LogP contribution in [-0.2, 0) is 34.6 Å². The third-order valence-electron chi connectivity index (χ3n) is 6.13. The van der Waals surface area contributed by atoms with Crippen molar-refractivity contribution < 1.29 is 9.53 Å². The SMILES string of the molecule is Cc1ccc2c(c1)c1c(n2CC(C)(OC(=O)C(C)C)c2cccnc2)CCN(C)C1. The highest BCUT2D eigenvalue weighted by Crippen LogP contribution is 2.36. The van der Waals surface area contributed by atoms with Crippen molar-refractivity contribution in [3.63, 3.8) is 0 Å². The molecule has 1 aromatic carbocycles. The van der Waals surface area contributed by atoms with E-state index in [-0.39, 0.29) is 11.9 Å². The minimum Gasteiger partial charge on any atom is -0.452 e. The second-order valence-electron chi connectivity index (χ2n) is 9.07. The van der Waals surface area contributed by atoms with Gasteiger partial charge < -0.3 is 14.2 Å². The summed E-state index contributed by atoms with van der Waals surface area (Å²) < 4.78 is 8.51. The van der Waals surface area contributed by atoms with Gasteiger partial charge in [0.2, 0.25) is 0 Å². The molecule has 1 aliphatic heterocycles. The van der Waals surface area contributed by atoms with E-state index in [4.69, 9.17) is 4.74 Å². The summed E-state index contributed by atoms with van der Waals surface area (Å²) in [5.74, 6) is -0.380. The van der Waals surface area contributed by atoms with Crippen molar-refractivity contribution in [2.24, 2.45) is 5.92 Å². The summed E-state index contributed by atoms with van der Waals surface area (Å²) in [5, 5.41) is 1.31. The van der Waals surface area contributed by atoms with Crippen molar-refractivity contribution in [2.45, 2.75) is 52.8 Å². The summed E-state index contributed by atoms with van der Waals surface area (Å²) >= 11 is 0. The molecule has 0 radical (unpaired) electrons. The maximum atomic E-state index is 12.6. The van der Waals surface area contributed by atoms with Gasteiger partial charge in [-0.15, -0.1) is 0 Å². The van der Waals surface area contributed by atoms with Crippen LogP contribution in [0.1, 0.15) is 43.2 Å². The molecule has 1 atom stereocenters. The zero-order valence-corrected chi connectivity index (χ0v) is 18.6. The van der Waals surface area contributed by atoms with E-state index in [0.717, 1.165) is 25.1 Å². The van der Waals surface area contributed by atoms with Crippen LogP contribution < -0.4 is 0 Å². The van der Waals surface area contributed by atoms with Crippen LogP contribution in [0.4, 0.5) is 0 Å². The Labute approximate surface area is 178 Å². The van der Waals surface area contributed by atoms with Gasteiger partial charge in [0.05, 0.1) is 12.5 Å². The molecule has 1 unspecified atom stereocenters. The number of fused-ring (bicyclic) bond motifs is 3. The van der Waals surface area contributed by atoms with Gasteiger partial charge in [0, 0.05) is 54.1 Å². The molecule has 30 heavy (non-hydrogen) atoms. The van der Waals surface area contributed by atoms with Crippen LogP contribution >= 0.6 is 0 Å². The predicted octanol–water partition coefficient (Wildman–Crippen LogP) is 4.45. The number of nitrogens with zero attached hydrogens (tertiary/aromatic N) is 3. The van der Waals surface area contributed by atoms with Crippen LogP contribution in [0.3, 0.4) is 0 Å². The Hall–Kier alpha value is -2.66. The zero-order chi connectivity index (χ0) is 21.5. The number of benzene rings is 1. The van der Waals surface area contributed by atoms with Crippen LogP contribution in [0.25, 0.3) is 10.9 Å². The highest BCUT2D eigenvalue weighted by molar-refractivity contribution is 5.86. The van der Waals surface area contributed by atoms with Crippen LogP contribution in [0.2, 0.25) is 0 Å². The molecular weight excluding hydrogens is 374 g/mol. The van der Waals surface area contributed by atoms with Gasteiger partial charge in [0.1, 0.15) is 0 Å². The van der Waals surface area contributed by atoms with Crippen molar-refractivity contribution in [2.75, 3.05) is 13.6 Å². The first-order chi connectivity index (χ1) is 14.3. The van der Waals surface area contributed by atoms with Crippen molar-refractivity contribution in [1.29, 1.82) is 0 Å². The van der Waals surface area contributed by atoms with E-state index in [2.05, 4.69) is 46.6 Å². The van der Waals surface area contributed by atoms with E-state index in [1.165, 1.54) is 27.7 Å². The number of hydrogen-bond acceptors (Lipinski definition) is 4. The molecule has 0 bridgehead atoms. The molecule has 0 amide bonds. The molecule has 0 fully saturated rings. The highest BCUT2D eigenvalue weighted by atomic mass is 16.6. The molecule has 0 N–H and O–H groups in total. The molecule has 3 heterocycles. The second-order valence-corrected chi connectivity index (χ2v) is 9.07. The molecule has 0 aliphatic carbocycles. The second kappa shape index (κ2) is 7.88. The summed E-state index contributed by atoms with van der Waals surface area (Å²) in [7, 11) is 2.17. The number of esters is 1. The van der Waals surface area contributed by atoms with Gasteiger partial charge in [-0.25, -0.2) is 0 Å². The summed E-state index contributed by atoms with van der Waals surface area (Å²) in [6, 6.07) is 10.5. The van der Waals surface area contributed by atoms with Gasteiger partial charge in [-0.05, 0) is 44.7 Å². The lowest BCUT2D eigenvalue weighted by atomic mass is 9.96. The highest BCUT2D eigenvalue weighted by Gasteiger charge is 2.35. The number of pyridine rings is 1. The fourth-order valence-electron chi connectivity index (χ4n) is 4.38. The minimum absolute atomic E-state index is 0.187. The van der Waals surface area contributed by atoms with Crippen LogP contribution in [0.5, 0.6) is 0 Å². The molecule has 5 nitrogen and oxygen atoms in total. The molecule has 3 aromatic rings. The first-order valence-corrected chi connectivity index (χ1v) is 10.7. The first-order valence-electron chi connectivity index (χ1n) is 10.7. The number of aryl methyl sites for hydroxylation is 1. The van der Waals surface area contributed by atoms with E-state index in [9.17, 15) is 4.79 Å². The predicted molar refractivity (Wildman–Crippen MR) is 119 cm³/mol. The normalized spacial score (nSPS) is 16.5. The summed E-state index contributed by atoms with van der Waals surface area (Å²) in [6.07, 6.45) is 4.55. The fourth-order valence-corrected chi connectivity index (χ4v) is 4.38. The average molecular weight is 406 g/mol. The number of carbonyl (C=O) groups is 1. The quantitative estimate of drug-likeness (QED) is 0.589. The molecule has 0 saturated carbocycles. The Morgan fingerprint density at radius 3 is 2.80 bits per heavy atom. The standard InChI is InChI=1S/C25H31N3O2/c1-17(2)24(29)30-25(4,19-7-6-11-26-14-19)16-28-22-9-8-18(3)13-20(22)21-15-27(5)12-10-23(21)28/h6-9,11,13-14,17H,10,12,15-16H2,1-5H3. The average Bonchev–Trinajstić information content (AvgIpc) is 3.00. The molecule has 0 spiro atoms. The van der Waals surface area contributed by atoms with Crippen molar-refractivity contribution in [1.82, 2.24) is 14.5 Å². The van der Waals surface area contributed by atoms with E-state index in [0.29, 0.717) is 6.54 Å². The molecule has 158 valence electrons. The van der Waals surface area contributed by atoms with Crippen LogP contribution in [-0.4, -0.2) is 34.0 Å². The number of rotatable bonds is 5. The van der Waals surface area contributed by atoms with Gasteiger partial charge in [-0.3, -0.25) is 9.78 Å². The van der Waals surface area contributed by atoms with Gasteiger partial charge >= 0.3 is 5.97 Å². The Bertz CT molecular complexity index is 1070. The summed E-state index contributed by atoms with van der Waals surface area (Å²) in [5.41, 5.74) is 5.32. The van der Waals surface area contributed by atoms with E-state index < -0.39 is 5.60 Å². The minimum atomic E-state index is -0.802. The zero-order valence-electron chi connectivity index (χ0n) is 18.6. The van der Waals surface area contributed by atoms with Crippen LogP contribution in [0.15, 0.2) is 42.7 Å². The molecule has 0 saturated heterocycles. The Balaban J connectivity index is 1.85. The van der Waals surface area contributed by atoms with Gasteiger partial charge in [0.15, 0.2) is 5.60 Å². The number of hydrogen-bond donors (Lipinski definition) is 0. The monoisotopic (exact) mass is 405 g/mol. The van der Waals surface area contributed by atoms with Crippen molar-refractivity contribution in [3.05, 3.63) is 65.1 Å². The lowest BCUT2D eigenvalue weighted by Crippen LogP contribution is -2.36. The molecule has 5 heteroatoms. The fraction of sp³-hybridized carbons (Fsp3) is 0.440. The first kappa shape index (κ1) is 20.6. The van der Waals surface area contributed by atoms with E-state index in [1.54, 1.807) is 6.20 Å². The summed E-state index contributed by atoms with van der Waals surface area (Å²) in [6.45, 7) is 10.4. The third-order valence-corrected chi connectivity index (χ3v) is 6.13. The molecule has 2 aromatic heterocycles. The van der Waals surface area contributed by atoms with Crippen LogP contribution in [0, 0.1) is 12.8 Å². The lowest BCUT2D eigenvalue weighted by molar-refractivity contribution is -0.164. The van der Waals surface area contributed by atoms with Crippen molar-refractivity contribution >= 4 is 16.9 Å². The smallest absolute Gasteiger partial charge is 0.309 e. The topological polar surface area (TPSA) is 47.4 Å². The lowest BCUT2D eigenvalue weighted by Gasteiger charge is -2.33. The molecule has 1 aliphatic rings. The number of likely N-dealkylation sites (N-methyl/N-ethyl adjacent to an activating group) is 1. The van der Waals surface area contributed by atoms with E-state index >= 15 is 0 Å². The van der Waals surface area contributed by atoms with Gasteiger partial charge in [0.25, 0.3) is 0 Å². The Morgan fingerprint density at radius 1 is 1.30 bits per heavy atom. The van der Waals surface area contributed by atoms with Gasteiger partial charge in [-0.2, -0.15) is 0 Å². The Morgan fingerprint density at radius 2 is 2.10 bits per heavy atom. The van der Waals surface area contributed by atoms with E-state index in [1.807, 2.05) is 39.1 Å². The number of ether oxygens (including phenoxy) is 1.